The zero-order valence-electron chi connectivity index (χ0n) is 20.1. The molecule has 0 amide bonds. The van der Waals surface area contributed by atoms with Gasteiger partial charge in [-0.2, -0.15) is 5.10 Å². The van der Waals surface area contributed by atoms with Crippen molar-refractivity contribution in [2.45, 2.75) is 19.9 Å². The van der Waals surface area contributed by atoms with E-state index in [1.165, 1.54) is 0 Å². The van der Waals surface area contributed by atoms with E-state index >= 15 is 0 Å². The minimum Gasteiger partial charge on any atom is -0.497 e. The molecule has 0 aliphatic rings. The molecule has 0 radical (unpaired) electrons. The van der Waals surface area contributed by atoms with Gasteiger partial charge in [0.2, 0.25) is 0 Å². The van der Waals surface area contributed by atoms with Crippen LogP contribution in [0.5, 0.6) is 11.5 Å². The maximum absolute atomic E-state index is 5.51. The molecule has 4 aromatic rings. The van der Waals surface area contributed by atoms with E-state index in [-0.39, 0.29) is 12.4 Å². The molecule has 1 N–H and O–H groups in total. The molecule has 0 fully saturated rings. The highest BCUT2D eigenvalue weighted by atomic mass is 35.5. The largest absolute Gasteiger partial charge is 0.497 e. The van der Waals surface area contributed by atoms with Gasteiger partial charge >= 0.3 is 0 Å². The van der Waals surface area contributed by atoms with Crippen LogP contribution in [-0.2, 0) is 7.05 Å². The van der Waals surface area contributed by atoms with Crippen molar-refractivity contribution in [2.24, 2.45) is 7.05 Å². The molecule has 4 rings (SSSR count). The van der Waals surface area contributed by atoms with Gasteiger partial charge < -0.3 is 19.7 Å². The van der Waals surface area contributed by atoms with Crippen molar-refractivity contribution in [3.05, 3.63) is 55.0 Å². The molecule has 2 aromatic carbocycles. The van der Waals surface area contributed by atoms with Gasteiger partial charge in [-0.3, -0.25) is 9.67 Å². The zero-order valence-corrected chi connectivity index (χ0v) is 21.0. The van der Waals surface area contributed by atoms with Gasteiger partial charge in [0.05, 0.1) is 43.3 Å². The number of aryl methyl sites for hydroxylation is 1. The highest BCUT2D eigenvalue weighted by Crippen LogP contribution is 2.34. The Hall–Kier alpha value is -3.36. The van der Waals surface area contributed by atoms with E-state index in [0.717, 1.165) is 58.3 Å². The second kappa shape index (κ2) is 11.2. The minimum atomic E-state index is 0. The number of ether oxygens (including phenoxy) is 2. The van der Waals surface area contributed by atoms with E-state index < -0.39 is 0 Å². The molecule has 2 aromatic heterocycles. The second-order valence-corrected chi connectivity index (χ2v) is 8.16. The van der Waals surface area contributed by atoms with E-state index in [9.17, 15) is 0 Å². The molecule has 0 saturated heterocycles. The number of aromatic nitrogens is 4. The number of nitrogens with zero attached hydrogens (tertiary/aromatic N) is 5. The zero-order chi connectivity index (χ0) is 23.4. The molecule has 0 aliphatic carbocycles. The molecule has 0 atom stereocenters. The van der Waals surface area contributed by atoms with Crippen LogP contribution in [0.4, 0.5) is 11.4 Å². The van der Waals surface area contributed by atoms with Crippen LogP contribution < -0.4 is 19.7 Å². The summed E-state index contributed by atoms with van der Waals surface area (Å²) < 4.78 is 12.8. The molecule has 34 heavy (non-hydrogen) atoms. The fourth-order valence-corrected chi connectivity index (χ4v) is 3.68. The summed E-state index contributed by atoms with van der Waals surface area (Å²) in [5.74, 6) is 1.48. The lowest BCUT2D eigenvalue weighted by molar-refractivity contribution is 0.394. The third-order valence-corrected chi connectivity index (χ3v) is 5.37. The molecule has 180 valence electrons. The Balaban J connectivity index is 0.00000324. The molecule has 0 spiro atoms. The van der Waals surface area contributed by atoms with Crippen LogP contribution >= 0.6 is 12.4 Å². The monoisotopic (exact) mass is 482 g/mol. The van der Waals surface area contributed by atoms with Crippen LogP contribution in [0.3, 0.4) is 0 Å². The Labute approximate surface area is 206 Å². The number of fused-ring (bicyclic) bond motifs is 1. The van der Waals surface area contributed by atoms with Crippen LogP contribution in [0, 0.1) is 0 Å². The number of benzene rings is 2. The number of hydrogen-bond donors (Lipinski definition) is 1. The maximum Gasteiger partial charge on any atom is 0.124 e. The second-order valence-electron chi connectivity index (χ2n) is 8.16. The number of anilines is 2. The van der Waals surface area contributed by atoms with Gasteiger partial charge in [0.15, 0.2) is 0 Å². The quantitative estimate of drug-likeness (QED) is 0.373. The van der Waals surface area contributed by atoms with Crippen molar-refractivity contribution in [1.82, 2.24) is 25.1 Å². The molecule has 9 heteroatoms. The van der Waals surface area contributed by atoms with Crippen molar-refractivity contribution in [2.75, 3.05) is 32.2 Å². The standard InChI is InChI=1S/C25H30N6O2.ClH/c1-17(2)26-8-9-31(20-10-21(32-4)13-22(11-20)33-5)19-6-7-23-24(12-19)29-25(15-27-23)18-14-28-30(3)16-18;/h6-7,10-17,26H,8-9H2,1-5H3;1H. The first-order chi connectivity index (χ1) is 16.0. The van der Waals surface area contributed by atoms with Gasteiger partial charge in [0.25, 0.3) is 0 Å². The lowest BCUT2D eigenvalue weighted by Crippen LogP contribution is -2.32. The average molecular weight is 483 g/mol. The summed E-state index contributed by atoms with van der Waals surface area (Å²) in [6.45, 7) is 5.86. The number of rotatable bonds is 9. The highest BCUT2D eigenvalue weighted by Gasteiger charge is 2.14. The van der Waals surface area contributed by atoms with Gasteiger partial charge in [0, 0.05) is 67.5 Å². The van der Waals surface area contributed by atoms with Crippen LogP contribution in [0.1, 0.15) is 13.8 Å². The fourth-order valence-electron chi connectivity index (χ4n) is 3.68. The van der Waals surface area contributed by atoms with Gasteiger partial charge in [-0.1, -0.05) is 13.8 Å². The SMILES string of the molecule is COc1cc(OC)cc(N(CCNC(C)C)c2ccc3ncc(-c4cnn(C)c4)nc3c2)c1.Cl. The summed E-state index contributed by atoms with van der Waals surface area (Å²) in [6, 6.07) is 12.5. The van der Waals surface area contributed by atoms with E-state index in [0.29, 0.717) is 6.04 Å². The van der Waals surface area contributed by atoms with E-state index in [4.69, 9.17) is 14.5 Å². The molecule has 8 nitrogen and oxygen atoms in total. The third-order valence-electron chi connectivity index (χ3n) is 5.37. The van der Waals surface area contributed by atoms with Crippen LogP contribution in [0.15, 0.2) is 55.0 Å². The number of nitrogens with one attached hydrogen (secondary N) is 1. The van der Waals surface area contributed by atoms with Gasteiger partial charge in [-0.15, -0.1) is 12.4 Å². The Morgan fingerprint density at radius 1 is 0.971 bits per heavy atom. The van der Waals surface area contributed by atoms with Gasteiger partial charge in [-0.05, 0) is 18.2 Å². The molecule has 0 bridgehead atoms. The number of hydrogen-bond acceptors (Lipinski definition) is 7. The predicted molar refractivity (Wildman–Crippen MR) is 139 cm³/mol. The molecule has 2 heterocycles. The Kier molecular flexibility index (Phi) is 8.31. The highest BCUT2D eigenvalue weighted by molar-refractivity contribution is 5.85. The first kappa shape index (κ1) is 25.3. The van der Waals surface area contributed by atoms with Gasteiger partial charge in [-0.25, -0.2) is 4.98 Å². The van der Waals surface area contributed by atoms with E-state index in [1.54, 1.807) is 31.3 Å². The summed E-state index contributed by atoms with van der Waals surface area (Å²) in [6.07, 6.45) is 5.52. The van der Waals surface area contributed by atoms with Crippen molar-refractivity contribution in [3.63, 3.8) is 0 Å². The summed E-state index contributed by atoms with van der Waals surface area (Å²) in [5, 5.41) is 7.75. The van der Waals surface area contributed by atoms with E-state index in [2.05, 4.69) is 46.3 Å². The first-order valence-electron chi connectivity index (χ1n) is 11.0. The first-order valence-corrected chi connectivity index (χ1v) is 11.0. The smallest absolute Gasteiger partial charge is 0.124 e. The molecule has 0 unspecified atom stereocenters. The summed E-state index contributed by atoms with van der Waals surface area (Å²) >= 11 is 0. The van der Waals surface area contributed by atoms with Crippen molar-refractivity contribution < 1.29 is 9.47 Å². The van der Waals surface area contributed by atoms with Crippen molar-refractivity contribution in [3.8, 4) is 22.8 Å². The maximum atomic E-state index is 5.51. The minimum absolute atomic E-state index is 0. The summed E-state index contributed by atoms with van der Waals surface area (Å²) in [5.41, 5.74) is 5.39. The number of methoxy groups -OCH3 is 2. The predicted octanol–water partition coefficient (Wildman–Crippen LogP) is 4.61. The Morgan fingerprint density at radius 3 is 2.32 bits per heavy atom. The average Bonchev–Trinajstić information content (AvgIpc) is 3.26. The van der Waals surface area contributed by atoms with Crippen LogP contribution in [0.2, 0.25) is 0 Å². The Bertz CT molecular complexity index is 1220. The fraction of sp³-hybridized carbons (Fsp3) is 0.320. The summed E-state index contributed by atoms with van der Waals surface area (Å²) in [7, 11) is 5.21. The lowest BCUT2D eigenvalue weighted by atomic mass is 10.2. The lowest BCUT2D eigenvalue weighted by Gasteiger charge is -2.27. The van der Waals surface area contributed by atoms with Crippen molar-refractivity contribution >= 4 is 34.8 Å². The Morgan fingerprint density at radius 2 is 1.71 bits per heavy atom. The molecular weight excluding hydrogens is 452 g/mol. The molecule has 0 saturated carbocycles. The topological polar surface area (TPSA) is 77.3 Å². The number of halogens is 1. The van der Waals surface area contributed by atoms with E-state index in [1.807, 2.05) is 37.5 Å². The van der Waals surface area contributed by atoms with Gasteiger partial charge in [0.1, 0.15) is 11.5 Å². The molecular formula is C25H31ClN6O2. The van der Waals surface area contributed by atoms with Crippen molar-refractivity contribution in [1.29, 1.82) is 0 Å². The third kappa shape index (κ3) is 5.76. The summed E-state index contributed by atoms with van der Waals surface area (Å²) in [4.78, 5) is 11.7. The van der Waals surface area contributed by atoms with Crippen LogP contribution in [0.25, 0.3) is 22.3 Å². The normalized spacial score (nSPS) is 10.9. The van der Waals surface area contributed by atoms with Crippen LogP contribution in [-0.4, -0.2) is 53.1 Å². The molecule has 0 aliphatic heterocycles.